The molecule has 0 radical (unpaired) electrons. The Balaban J connectivity index is 2.00. The highest BCUT2D eigenvalue weighted by Crippen LogP contribution is 2.45. The number of hydrogen-bond acceptors (Lipinski definition) is 6. The fourth-order valence-electron chi connectivity index (χ4n) is 4.43. The number of ether oxygens (including phenoxy) is 3. The Hall–Kier alpha value is -4.26. The van der Waals surface area contributed by atoms with Crippen molar-refractivity contribution in [2.75, 3.05) is 25.7 Å². The molecule has 0 aromatic heterocycles. The number of aliphatic hydroxyl groups is 1. The lowest BCUT2D eigenvalue weighted by Gasteiger charge is -2.27. The predicted molar refractivity (Wildman–Crippen MR) is 138 cm³/mol. The molecule has 186 valence electrons. The molecule has 3 aromatic rings. The van der Waals surface area contributed by atoms with Gasteiger partial charge in [0.2, 0.25) is 0 Å². The number of ketones is 1. The number of methoxy groups -OCH3 is 2. The number of aliphatic hydroxyl groups excluding tert-OH is 1. The van der Waals surface area contributed by atoms with Crippen LogP contribution in [-0.2, 0) is 9.59 Å². The molecule has 1 saturated heterocycles. The highest BCUT2D eigenvalue weighted by atomic mass is 16.5. The molecule has 1 amide bonds. The number of carbonyl (C=O) groups excluding carboxylic acids is 2. The van der Waals surface area contributed by atoms with E-state index >= 15 is 0 Å². The maximum Gasteiger partial charge on any atom is 0.300 e. The minimum absolute atomic E-state index is 0.0122. The van der Waals surface area contributed by atoms with Gasteiger partial charge in [0.25, 0.3) is 11.7 Å². The van der Waals surface area contributed by atoms with Crippen molar-refractivity contribution in [1.82, 2.24) is 0 Å². The normalized spacial score (nSPS) is 16.8. The lowest BCUT2D eigenvalue weighted by Crippen LogP contribution is -2.30. The van der Waals surface area contributed by atoms with E-state index < -0.39 is 17.7 Å². The van der Waals surface area contributed by atoms with Crippen molar-refractivity contribution in [2.24, 2.45) is 0 Å². The second kappa shape index (κ2) is 10.2. The second-order valence-electron chi connectivity index (χ2n) is 8.53. The number of benzene rings is 3. The van der Waals surface area contributed by atoms with Gasteiger partial charge in [0.15, 0.2) is 11.5 Å². The number of rotatable bonds is 7. The first-order valence-corrected chi connectivity index (χ1v) is 11.6. The summed E-state index contributed by atoms with van der Waals surface area (Å²) >= 11 is 0. The van der Waals surface area contributed by atoms with Crippen LogP contribution in [0.5, 0.6) is 17.2 Å². The van der Waals surface area contributed by atoms with Gasteiger partial charge in [-0.15, -0.1) is 0 Å². The largest absolute Gasteiger partial charge is 0.507 e. The predicted octanol–water partition coefficient (Wildman–Crippen LogP) is 5.35. The average Bonchev–Trinajstić information content (AvgIpc) is 3.15. The molecule has 3 aromatic carbocycles. The zero-order valence-corrected chi connectivity index (χ0v) is 21.0. The van der Waals surface area contributed by atoms with Gasteiger partial charge in [-0.25, -0.2) is 0 Å². The van der Waals surface area contributed by atoms with Crippen molar-refractivity contribution in [3.63, 3.8) is 0 Å². The Morgan fingerprint density at radius 3 is 2.42 bits per heavy atom. The molecule has 1 fully saturated rings. The van der Waals surface area contributed by atoms with Gasteiger partial charge in [0.1, 0.15) is 11.5 Å². The zero-order chi connectivity index (χ0) is 26.0. The molecule has 0 bridgehead atoms. The van der Waals surface area contributed by atoms with Gasteiger partial charge >= 0.3 is 0 Å². The fraction of sp³-hybridized carbons (Fsp3) is 0.241. The van der Waals surface area contributed by atoms with Crippen molar-refractivity contribution >= 4 is 23.1 Å². The monoisotopic (exact) mass is 487 g/mol. The van der Waals surface area contributed by atoms with Crippen LogP contribution >= 0.6 is 0 Å². The summed E-state index contributed by atoms with van der Waals surface area (Å²) in [6, 6.07) is 16.8. The molecule has 1 heterocycles. The third-order valence-corrected chi connectivity index (χ3v) is 6.22. The van der Waals surface area contributed by atoms with E-state index in [9.17, 15) is 14.7 Å². The van der Waals surface area contributed by atoms with Crippen LogP contribution in [0.25, 0.3) is 5.76 Å². The number of nitrogens with zero attached hydrogens (tertiary/aromatic N) is 1. The molecule has 7 nitrogen and oxygen atoms in total. The number of carbonyl (C=O) groups is 2. The first-order chi connectivity index (χ1) is 17.3. The summed E-state index contributed by atoms with van der Waals surface area (Å²) in [5.74, 6) is -0.245. The van der Waals surface area contributed by atoms with E-state index in [0.717, 1.165) is 11.1 Å². The van der Waals surface area contributed by atoms with Crippen LogP contribution in [0.15, 0.2) is 66.2 Å². The molecular weight excluding hydrogens is 458 g/mol. The molecule has 36 heavy (non-hydrogen) atoms. The molecular formula is C29H29NO6. The van der Waals surface area contributed by atoms with Gasteiger partial charge in [-0.05, 0) is 67.8 Å². The standard InChI is InChI=1S/C29H29NO6/c1-6-36-24-16-19(12-13-23(24)35-5)26-25(27(31)20-8-7-9-21(15-20)34-4)28(32)29(33)30(26)22-14-17(2)10-11-18(22)3/h7-16,26,31H,6H2,1-5H3/b27-25-. The topological polar surface area (TPSA) is 85.3 Å². The molecule has 1 N–H and O–H groups in total. The Morgan fingerprint density at radius 2 is 1.72 bits per heavy atom. The summed E-state index contributed by atoms with van der Waals surface area (Å²) in [5, 5.41) is 11.4. The SMILES string of the molecule is CCOc1cc(C2/C(=C(/O)c3cccc(OC)c3)C(=O)C(=O)N2c2cc(C)ccc2C)ccc1OC. The van der Waals surface area contributed by atoms with E-state index in [2.05, 4.69) is 0 Å². The number of hydrogen-bond donors (Lipinski definition) is 1. The van der Waals surface area contributed by atoms with Gasteiger partial charge in [-0.1, -0.05) is 30.3 Å². The Labute approximate surface area is 210 Å². The quantitative estimate of drug-likeness (QED) is 0.275. The molecule has 1 aliphatic rings. The van der Waals surface area contributed by atoms with E-state index in [1.165, 1.54) is 12.0 Å². The van der Waals surface area contributed by atoms with Gasteiger partial charge in [0.05, 0.1) is 32.4 Å². The molecule has 0 saturated carbocycles. The van der Waals surface area contributed by atoms with Gasteiger partial charge in [0, 0.05) is 11.3 Å². The molecule has 1 atom stereocenters. The van der Waals surface area contributed by atoms with Gasteiger partial charge < -0.3 is 19.3 Å². The lowest BCUT2D eigenvalue weighted by molar-refractivity contribution is -0.132. The summed E-state index contributed by atoms with van der Waals surface area (Å²) in [4.78, 5) is 28.4. The number of aryl methyl sites for hydroxylation is 2. The van der Waals surface area contributed by atoms with Crippen LogP contribution in [0, 0.1) is 13.8 Å². The van der Waals surface area contributed by atoms with Crippen molar-refractivity contribution < 1.29 is 28.9 Å². The second-order valence-corrected chi connectivity index (χ2v) is 8.53. The van der Waals surface area contributed by atoms with E-state index in [1.54, 1.807) is 49.6 Å². The average molecular weight is 488 g/mol. The molecule has 7 heteroatoms. The van der Waals surface area contributed by atoms with Crippen LogP contribution in [0.2, 0.25) is 0 Å². The van der Waals surface area contributed by atoms with Crippen molar-refractivity contribution in [3.05, 3.63) is 88.5 Å². The molecule has 4 rings (SSSR count). The third-order valence-electron chi connectivity index (χ3n) is 6.22. The smallest absolute Gasteiger partial charge is 0.300 e. The minimum Gasteiger partial charge on any atom is -0.507 e. The number of anilines is 1. The number of Topliss-reactive ketones (excluding diaryl/α,β-unsaturated/α-hetero) is 1. The van der Waals surface area contributed by atoms with Crippen molar-refractivity contribution in [2.45, 2.75) is 26.8 Å². The Kier molecular flexibility index (Phi) is 7.01. The molecule has 1 aliphatic heterocycles. The lowest BCUT2D eigenvalue weighted by atomic mass is 9.94. The van der Waals surface area contributed by atoms with E-state index in [4.69, 9.17) is 14.2 Å². The Bertz CT molecular complexity index is 1360. The van der Waals surface area contributed by atoms with Crippen LogP contribution in [0.1, 0.15) is 35.2 Å². The summed E-state index contributed by atoms with van der Waals surface area (Å²) in [6.07, 6.45) is 0. The zero-order valence-electron chi connectivity index (χ0n) is 21.0. The fourth-order valence-corrected chi connectivity index (χ4v) is 4.43. The van der Waals surface area contributed by atoms with Crippen LogP contribution in [-0.4, -0.2) is 37.6 Å². The van der Waals surface area contributed by atoms with E-state index in [1.807, 2.05) is 39.0 Å². The Morgan fingerprint density at radius 1 is 0.944 bits per heavy atom. The minimum atomic E-state index is -0.887. The first kappa shape index (κ1) is 24.9. The van der Waals surface area contributed by atoms with Gasteiger partial charge in [-0.3, -0.25) is 14.5 Å². The summed E-state index contributed by atoms with van der Waals surface area (Å²) in [5.41, 5.74) is 3.32. The molecule has 0 spiro atoms. The summed E-state index contributed by atoms with van der Waals surface area (Å²) in [6.45, 7) is 6.07. The third kappa shape index (κ3) is 4.40. The van der Waals surface area contributed by atoms with Crippen LogP contribution < -0.4 is 19.1 Å². The van der Waals surface area contributed by atoms with E-state index in [0.29, 0.717) is 40.7 Å². The first-order valence-electron chi connectivity index (χ1n) is 11.6. The van der Waals surface area contributed by atoms with Crippen LogP contribution in [0.4, 0.5) is 5.69 Å². The maximum atomic E-state index is 13.5. The maximum absolute atomic E-state index is 13.5. The van der Waals surface area contributed by atoms with Crippen molar-refractivity contribution in [1.29, 1.82) is 0 Å². The van der Waals surface area contributed by atoms with Gasteiger partial charge in [-0.2, -0.15) is 0 Å². The highest BCUT2D eigenvalue weighted by Gasteiger charge is 2.47. The summed E-state index contributed by atoms with van der Waals surface area (Å²) < 4.78 is 16.5. The van der Waals surface area contributed by atoms with Crippen molar-refractivity contribution in [3.8, 4) is 17.2 Å². The molecule has 0 aliphatic carbocycles. The van der Waals surface area contributed by atoms with E-state index in [-0.39, 0.29) is 11.3 Å². The molecule has 1 unspecified atom stereocenters. The summed E-state index contributed by atoms with van der Waals surface area (Å²) in [7, 11) is 3.06. The number of amides is 1. The van der Waals surface area contributed by atoms with Crippen LogP contribution in [0.3, 0.4) is 0 Å². The highest BCUT2D eigenvalue weighted by molar-refractivity contribution is 6.51.